The summed E-state index contributed by atoms with van der Waals surface area (Å²) >= 11 is 0. The number of rotatable bonds is 4. The summed E-state index contributed by atoms with van der Waals surface area (Å²) in [6.45, 7) is 1.58. The first kappa shape index (κ1) is 14.9. The minimum atomic E-state index is -1.17. The lowest BCUT2D eigenvalue weighted by molar-refractivity contribution is 0.00840. The zero-order valence-electron chi connectivity index (χ0n) is 13.1. The molecule has 1 aromatic carbocycles. The fraction of sp³-hybridized carbons (Fsp3) is 0.611. The van der Waals surface area contributed by atoms with E-state index in [1.807, 2.05) is 0 Å². The summed E-state index contributed by atoms with van der Waals surface area (Å²) in [6.07, 6.45) is 1.07. The average molecular weight is 319 g/mol. The summed E-state index contributed by atoms with van der Waals surface area (Å²) in [5.41, 5.74) is 0.147. The number of hydrogen-bond donors (Lipinski definition) is 2. The van der Waals surface area contributed by atoms with E-state index >= 15 is 0 Å². The van der Waals surface area contributed by atoms with Gasteiger partial charge in [-0.15, -0.1) is 0 Å². The highest BCUT2D eigenvalue weighted by molar-refractivity contribution is 5.68. The molecule has 0 aromatic heterocycles. The van der Waals surface area contributed by atoms with Gasteiger partial charge in [0.25, 0.3) is 0 Å². The van der Waals surface area contributed by atoms with Gasteiger partial charge in [0, 0.05) is 11.6 Å². The topological polar surface area (TPSA) is 58.6 Å². The molecular weight excluding hydrogens is 297 g/mol. The number of fused-ring (bicyclic) bond motifs is 1. The van der Waals surface area contributed by atoms with E-state index in [1.54, 1.807) is 19.1 Å². The molecule has 0 saturated heterocycles. The molecule has 7 atom stereocenters. The number of alkyl carbamates (subject to hydrolysis) is 1. The minimum absolute atomic E-state index is 0.147. The molecule has 124 valence electrons. The van der Waals surface area contributed by atoms with Crippen LogP contribution in [0.2, 0.25) is 0 Å². The number of amides is 1. The lowest BCUT2D eigenvalue weighted by atomic mass is 10.0. The molecule has 3 aliphatic rings. The van der Waals surface area contributed by atoms with Crippen molar-refractivity contribution in [2.24, 2.45) is 23.7 Å². The number of hydrogen-bond acceptors (Lipinski definition) is 3. The predicted molar refractivity (Wildman–Crippen MR) is 82.0 cm³/mol. The molecule has 3 aliphatic carbocycles. The molecule has 0 bridgehead atoms. The number of carbonyl (C=O) groups is 1. The number of aliphatic hydroxyl groups is 1. The number of benzene rings is 1. The van der Waals surface area contributed by atoms with E-state index in [2.05, 4.69) is 5.32 Å². The number of ether oxygens (including phenoxy) is 1. The summed E-state index contributed by atoms with van der Waals surface area (Å²) < 4.78 is 19.0. The number of nitrogens with one attached hydrogen (secondary N) is 1. The third-order valence-electron chi connectivity index (χ3n) is 6.03. The normalized spacial score (nSPS) is 36.2. The smallest absolute Gasteiger partial charge is 0.407 e. The molecule has 4 nitrogen and oxygen atoms in total. The first-order valence-corrected chi connectivity index (χ1v) is 8.46. The molecule has 3 fully saturated rings. The van der Waals surface area contributed by atoms with Gasteiger partial charge in [-0.05, 0) is 55.9 Å². The molecule has 7 unspecified atom stereocenters. The van der Waals surface area contributed by atoms with Crippen LogP contribution >= 0.6 is 0 Å². The summed E-state index contributed by atoms with van der Waals surface area (Å²) in [5, 5.41) is 13.1. The fourth-order valence-electron chi connectivity index (χ4n) is 4.92. The molecule has 23 heavy (non-hydrogen) atoms. The van der Waals surface area contributed by atoms with Crippen LogP contribution in [0.3, 0.4) is 0 Å². The van der Waals surface area contributed by atoms with Crippen molar-refractivity contribution in [1.29, 1.82) is 0 Å². The van der Waals surface area contributed by atoms with Crippen molar-refractivity contribution in [2.45, 2.75) is 44.4 Å². The van der Waals surface area contributed by atoms with Crippen molar-refractivity contribution in [3.05, 3.63) is 35.6 Å². The van der Waals surface area contributed by atoms with Crippen LogP contribution in [0.4, 0.5) is 9.18 Å². The standard InChI is InChI=1S/C18H22FNO3/c1-9(17(21)11-4-2-3-5-14(11)19)23-18(22)20-15-8-13-10-6-7-12(15)16(10)13/h2-5,9-10,12-13,15-17,21H,6-8H2,1H3,(H,20,22). The first-order valence-electron chi connectivity index (χ1n) is 8.46. The van der Waals surface area contributed by atoms with Gasteiger partial charge in [-0.3, -0.25) is 0 Å². The van der Waals surface area contributed by atoms with Crippen LogP contribution in [-0.2, 0) is 4.74 Å². The Morgan fingerprint density at radius 2 is 2.04 bits per heavy atom. The van der Waals surface area contributed by atoms with Gasteiger partial charge in [-0.25, -0.2) is 9.18 Å². The second kappa shape index (κ2) is 5.48. The van der Waals surface area contributed by atoms with E-state index < -0.39 is 24.1 Å². The zero-order valence-corrected chi connectivity index (χ0v) is 13.1. The highest BCUT2D eigenvalue weighted by atomic mass is 19.1. The van der Waals surface area contributed by atoms with Gasteiger partial charge in [0.2, 0.25) is 0 Å². The van der Waals surface area contributed by atoms with Gasteiger partial charge >= 0.3 is 6.09 Å². The summed E-state index contributed by atoms with van der Waals surface area (Å²) in [4.78, 5) is 12.1. The third-order valence-corrected chi connectivity index (χ3v) is 6.03. The molecule has 0 heterocycles. The van der Waals surface area contributed by atoms with Crippen LogP contribution in [-0.4, -0.2) is 23.3 Å². The van der Waals surface area contributed by atoms with Crippen molar-refractivity contribution in [3.8, 4) is 0 Å². The maximum Gasteiger partial charge on any atom is 0.407 e. The van der Waals surface area contributed by atoms with E-state index in [-0.39, 0.29) is 11.6 Å². The van der Waals surface area contributed by atoms with Crippen LogP contribution in [0, 0.1) is 29.5 Å². The number of aliphatic hydroxyl groups excluding tert-OH is 1. The van der Waals surface area contributed by atoms with Gasteiger partial charge in [-0.2, -0.15) is 0 Å². The molecule has 0 spiro atoms. The summed E-state index contributed by atoms with van der Waals surface area (Å²) in [7, 11) is 0. The Morgan fingerprint density at radius 3 is 2.78 bits per heavy atom. The molecule has 1 aromatic rings. The van der Waals surface area contributed by atoms with Crippen molar-refractivity contribution in [2.75, 3.05) is 0 Å². The maximum atomic E-state index is 13.7. The SMILES string of the molecule is CC(OC(=O)NC1CC2C3CCC1C32)C(O)c1ccccc1F. The van der Waals surface area contributed by atoms with Crippen molar-refractivity contribution < 1.29 is 19.0 Å². The van der Waals surface area contributed by atoms with E-state index in [9.17, 15) is 14.3 Å². The Hall–Kier alpha value is -1.62. The number of carbonyl (C=O) groups excluding carboxylic acids is 1. The van der Waals surface area contributed by atoms with Crippen LogP contribution < -0.4 is 5.32 Å². The van der Waals surface area contributed by atoms with Crippen molar-refractivity contribution >= 4 is 6.09 Å². The molecule has 1 amide bonds. The lowest BCUT2D eigenvalue weighted by Crippen LogP contribution is -2.40. The minimum Gasteiger partial charge on any atom is -0.443 e. The lowest BCUT2D eigenvalue weighted by Gasteiger charge is -2.24. The van der Waals surface area contributed by atoms with Gasteiger partial charge < -0.3 is 15.2 Å². The van der Waals surface area contributed by atoms with E-state index in [0.29, 0.717) is 5.92 Å². The predicted octanol–water partition coefficient (Wildman–Crippen LogP) is 3.02. The van der Waals surface area contributed by atoms with Gasteiger partial charge in [0.1, 0.15) is 18.0 Å². The second-order valence-electron chi connectivity index (χ2n) is 7.21. The molecule has 4 rings (SSSR count). The average Bonchev–Trinajstić information content (AvgIpc) is 2.89. The Morgan fingerprint density at radius 1 is 1.30 bits per heavy atom. The molecule has 3 saturated carbocycles. The summed E-state index contributed by atoms with van der Waals surface area (Å²) in [6, 6.07) is 6.20. The quantitative estimate of drug-likeness (QED) is 0.897. The van der Waals surface area contributed by atoms with Gasteiger partial charge in [-0.1, -0.05) is 18.2 Å². The Balaban J connectivity index is 1.32. The third kappa shape index (κ3) is 2.51. The van der Waals surface area contributed by atoms with E-state index in [4.69, 9.17) is 4.74 Å². The van der Waals surface area contributed by atoms with E-state index in [0.717, 1.165) is 24.2 Å². The Bertz CT molecular complexity index is 622. The highest BCUT2D eigenvalue weighted by Gasteiger charge is 2.65. The largest absolute Gasteiger partial charge is 0.443 e. The molecule has 2 N–H and O–H groups in total. The highest BCUT2D eigenvalue weighted by Crippen LogP contribution is 2.68. The van der Waals surface area contributed by atoms with Crippen LogP contribution in [0.5, 0.6) is 0 Å². The molecule has 5 heteroatoms. The fourth-order valence-corrected chi connectivity index (χ4v) is 4.92. The van der Waals surface area contributed by atoms with E-state index in [1.165, 1.54) is 25.0 Å². The number of halogens is 1. The Labute approximate surface area is 135 Å². The Kier molecular flexibility index (Phi) is 3.56. The van der Waals surface area contributed by atoms with Crippen LogP contribution in [0.1, 0.15) is 37.9 Å². The van der Waals surface area contributed by atoms with Crippen molar-refractivity contribution in [3.63, 3.8) is 0 Å². The first-order chi connectivity index (χ1) is 11.1. The monoisotopic (exact) mass is 319 g/mol. The van der Waals surface area contributed by atoms with Crippen LogP contribution in [0.15, 0.2) is 24.3 Å². The summed E-state index contributed by atoms with van der Waals surface area (Å²) in [5.74, 6) is 2.64. The molecular formula is C18H22FNO3. The van der Waals surface area contributed by atoms with Gasteiger partial charge in [0.15, 0.2) is 0 Å². The maximum absolute atomic E-state index is 13.7. The van der Waals surface area contributed by atoms with Gasteiger partial charge in [0.05, 0.1) is 0 Å². The van der Waals surface area contributed by atoms with Crippen molar-refractivity contribution in [1.82, 2.24) is 5.32 Å². The molecule has 0 radical (unpaired) electrons. The second-order valence-corrected chi connectivity index (χ2v) is 7.21. The molecule has 0 aliphatic heterocycles. The zero-order chi connectivity index (χ0) is 16.1. The van der Waals surface area contributed by atoms with Crippen LogP contribution in [0.25, 0.3) is 0 Å².